The molecule has 2 aromatic heterocycles. The van der Waals surface area contributed by atoms with Crippen molar-refractivity contribution in [2.24, 2.45) is 0 Å². The average Bonchev–Trinajstić information content (AvgIpc) is 3.24. The second kappa shape index (κ2) is 12.1. The van der Waals surface area contributed by atoms with Crippen molar-refractivity contribution in [3.05, 3.63) is 53.7 Å². The van der Waals surface area contributed by atoms with Gasteiger partial charge in [0.15, 0.2) is 0 Å². The molecule has 1 fully saturated rings. The van der Waals surface area contributed by atoms with E-state index in [1.165, 1.54) is 18.6 Å². The Morgan fingerprint density at radius 1 is 1.23 bits per heavy atom. The number of alkyl halides is 4. The van der Waals surface area contributed by atoms with Crippen LogP contribution < -0.4 is 20.7 Å². The summed E-state index contributed by atoms with van der Waals surface area (Å²) in [5.41, 5.74) is -2.29. The fourth-order valence-electron chi connectivity index (χ4n) is 4.42. The third kappa shape index (κ3) is 6.91. The number of thioether (sulfide) groups is 1. The Kier molecular flexibility index (Phi) is 8.82. The van der Waals surface area contributed by atoms with Gasteiger partial charge in [-0.1, -0.05) is 11.8 Å². The first-order chi connectivity index (χ1) is 18.6. The molecule has 0 saturated carbocycles. The molecular formula is C27H29F4N5O2S. The number of benzene rings is 1. The van der Waals surface area contributed by atoms with Crippen LogP contribution in [-0.2, 0) is 0 Å². The number of anilines is 2. The molecule has 3 N–H and O–H groups in total. The number of methoxy groups -OCH3 is 1. The van der Waals surface area contributed by atoms with Gasteiger partial charge in [-0.15, -0.1) is 0 Å². The van der Waals surface area contributed by atoms with Gasteiger partial charge < -0.3 is 30.0 Å². The van der Waals surface area contributed by atoms with Crippen molar-refractivity contribution in [2.45, 2.75) is 29.2 Å². The van der Waals surface area contributed by atoms with Crippen molar-refractivity contribution in [2.75, 3.05) is 51.5 Å². The second-order valence-corrected chi connectivity index (χ2v) is 10.1. The number of aromatic nitrogens is 1. The van der Waals surface area contributed by atoms with Gasteiger partial charge in [0.25, 0.3) is 5.91 Å². The maximum Gasteiger partial charge on any atom is 0.447 e. The molecule has 0 unspecified atom stereocenters. The number of hydrogen-bond acceptors (Lipinski definition) is 6. The zero-order chi connectivity index (χ0) is 28.2. The zero-order valence-corrected chi connectivity index (χ0v) is 22.5. The Bertz CT molecular complexity index is 1400. The highest BCUT2D eigenvalue weighted by Crippen LogP contribution is 2.41. The zero-order valence-electron chi connectivity index (χ0n) is 21.7. The minimum absolute atomic E-state index is 0.0682. The van der Waals surface area contributed by atoms with Gasteiger partial charge in [0.05, 0.1) is 42.2 Å². The highest BCUT2D eigenvalue weighted by Gasteiger charge is 2.33. The van der Waals surface area contributed by atoms with Crippen LogP contribution in [0.25, 0.3) is 5.52 Å². The number of nitrogens with zero attached hydrogens (tertiary/aromatic N) is 2. The summed E-state index contributed by atoms with van der Waals surface area (Å²) in [6.45, 7) is 1.13. The van der Waals surface area contributed by atoms with E-state index >= 15 is 0 Å². The lowest BCUT2D eigenvalue weighted by Gasteiger charge is -2.33. The molecule has 0 spiro atoms. The molecule has 1 aromatic carbocycles. The smallest absolute Gasteiger partial charge is 0.447 e. The predicted molar refractivity (Wildman–Crippen MR) is 145 cm³/mol. The molecule has 39 heavy (non-hydrogen) atoms. The number of fused-ring (bicyclic) bond motifs is 1. The number of piperidine rings is 1. The number of carbonyl (C=O) groups excluding carboxylic acids is 1. The number of nitrogens with one attached hydrogen (secondary N) is 3. The van der Waals surface area contributed by atoms with Gasteiger partial charge in [0.1, 0.15) is 16.9 Å². The van der Waals surface area contributed by atoms with Crippen molar-refractivity contribution in [1.29, 1.82) is 0 Å². The molecule has 0 aliphatic carbocycles. The molecule has 1 aliphatic heterocycles. The molecule has 12 heteroatoms. The molecule has 1 saturated heterocycles. The van der Waals surface area contributed by atoms with Gasteiger partial charge in [-0.05, 0) is 49.9 Å². The normalized spacial score (nSPS) is 17.8. The molecule has 7 nitrogen and oxygen atoms in total. The molecule has 2 atom stereocenters. The van der Waals surface area contributed by atoms with Gasteiger partial charge in [-0.25, -0.2) is 4.39 Å². The van der Waals surface area contributed by atoms with Crippen molar-refractivity contribution < 1.29 is 27.1 Å². The summed E-state index contributed by atoms with van der Waals surface area (Å²) in [5.74, 6) is 5.89. The topological polar surface area (TPSA) is 70.0 Å². The molecule has 3 heterocycles. The maximum absolute atomic E-state index is 14.6. The number of rotatable bonds is 7. The van der Waals surface area contributed by atoms with Crippen molar-refractivity contribution >= 4 is 34.6 Å². The fourth-order valence-corrected chi connectivity index (χ4v) is 5.12. The summed E-state index contributed by atoms with van der Waals surface area (Å²) in [6.07, 6.45) is 1.02. The number of pyridine rings is 1. The molecule has 4 rings (SSSR count). The number of likely N-dealkylation sites (tertiary alicyclic amines) is 1. The third-order valence-electron chi connectivity index (χ3n) is 6.34. The number of hydrogen-bond donors (Lipinski definition) is 3. The van der Waals surface area contributed by atoms with Crippen LogP contribution in [0.1, 0.15) is 22.3 Å². The van der Waals surface area contributed by atoms with E-state index in [-0.39, 0.29) is 34.8 Å². The first-order valence-electron chi connectivity index (χ1n) is 12.2. The average molecular weight is 564 g/mol. The van der Waals surface area contributed by atoms with Crippen LogP contribution in [0.4, 0.5) is 28.9 Å². The van der Waals surface area contributed by atoms with E-state index in [2.05, 4.69) is 27.8 Å². The summed E-state index contributed by atoms with van der Waals surface area (Å²) in [5, 5.41) is 8.74. The third-order valence-corrected chi connectivity index (χ3v) is 7.18. The highest BCUT2D eigenvalue weighted by atomic mass is 32.2. The first kappa shape index (κ1) is 28.4. The van der Waals surface area contributed by atoms with Gasteiger partial charge in [0, 0.05) is 43.7 Å². The van der Waals surface area contributed by atoms with Crippen molar-refractivity contribution in [3.8, 4) is 17.6 Å². The van der Waals surface area contributed by atoms with Crippen LogP contribution in [0, 0.1) is 11.8 Å². The van der Waals surface area contributed by atoms with Crippen molar-refractivity contribution in [1.82, 2.24) is 14.6 Å². The monoisotopic (exact) mass is 563 g/mol. The number of ether oxygens (including phenoxy) is 1. The molecule has 1 aliphatic rings. The van der Waals surface area contributed by atoms with E-state index in [1.54, 1.807) is 42.6 Å². The lowest BCUT2D eigenvalue weighted by Crippen LogP contribution is -2.46. The lowest BCUT2D eigenvalue weighted by atomic mass is 10.0. The highest BCUT2D eigenvalue weighted by molar-refractivity contribution is 8.00. The fraction of sp³-hybridized carbons (Fsp3) is 0.370. The van der Waals surface area contributed by atoms with Crippen LogP contribution in [0.5, 0.6) is 5.75 Å². The van der Waals surface area contributed by atoms with Crippen LogP contribution >= 0.6 is 11.8 Å². The Balaban J connectivity index is 1.59. The molecule has 0 bridgehead atoms. The van der Waals surface area contributed by atoms with Crippen LogP contribution in [0.2, 0.25) is 0 Å². The molecule has 3 aromatic rings. The van der Waals surface area contributed by atoms with E-state index in [4.69, 9.17) is 4.74 Å². The van der Waals surface area contributed by atoms with Gasteiger partial charge in [-0.2, -0.15) is 13.2 Å². The van der Waals surface area contributed by atoms with E-state index in [1.807, 2.05) is 11.9 Å². The Morgan fingerprint density at radius 3 is 2.72 bits per heavy atom. The van der Waals surface area contributed by atoms with E-state index in [9.17, 15) is 22.4 Å². The minimum atomic E-state index is -4.52. The summed E-state index contributed by atoms with van der Waals surface area (Å²) in [7, 11) is 4.85. The summed E-state index contributed by atoms with van der Waals surface area (Å²) in [6, 6.07) is 9.38. The molecule has 208 valence electrons. The molecule has 0 radical (unpaired) electrons. The quantitative estimate of drug-likeness (QED) is 0.217. The van der Waals surface area contributed by atoms with E-state index < -0.39 is 17.7 Å². The Labute approximate surface area is 228 Å². The first-order valence-corrected chi connectivity index (χ1v) is 13.0. The molecule has 1 amide bonds. The summed E-state index contributed by atoms with van der Waals surface area (Å²) >= 11 is -0.240. The van der Waals surface area contributed by atoms with E-state index in [0.717, 1.165) is 6.54 Å². The van der Waals surface area contributed by atoms with Crippen LogP contribution in [0.15, 0.2) is 47.6 Å². The van der Waals surface area contributed by atoms with Gasteiger partial charge in [0.2, 0.25) is 0 Å². The summed E-state index contributed by atoms with van der Waals surface area (Å²) in [4.78, 5) is 13.8. The lowest BCUT2D eigenvalue weighted by molar-refractivity contribution is -0.0329. The SMILES string of the molecule is CNC(=O)c1ccc(NCC#Cc2cc3c(N[C@@H]4CCN(C)C[C@@H]4F)cccn3c2SC(F)(F)F)c(OC)c1. The predicted octanol–water partition coefficient (Wildman–Crippen LogP) is 4.84. The van der Waals surface area contributed by atoms with Gasteiger partial charge >= 0.3 is 5.51 Å². The summed E-state index contributed by atoms with van der Waals surface area (Å²) < 4.78 is 61.8. The van der Waals surface area contributed by atoms with Crippen molar-refractivity contribution in [3.63, 3.8) is 0 Å². The number of amides is 1. The standard InChI is InChI=1S/C27H29F4N5O2S/c1-32-25(37)17-8-9-22(24(15-17)38-3)33-11-4-6-18-14-23-21(34-20-10-13-35(2)16-19(20)28)7-5-12-36(23)26(18)39-27(29,30)31/h5,7-9,12,14-15,19-20,33-34H,10-11,13,16H2,1-3H3,(H,32,37)/t19-,20+/m0/s1. The largest absolute Gasteiger partial charge is 0.495 e. The number of carbonyl (C=O) groups is 1. The Hall–Kier alpha value is -3.56. The van der Waals surface area contributed by atoms with Gasteiger partial charge in [-0.3, -0.25) is 4.79 Å². The van der Waals surface area contributed by atoms with Crippen LogP contribution in [-0.4, -0.2) is 73.8 Å². The second-order valence-electron chi connectivity index (χ2n) is 9.06. The van der Waals surface area contributed by atoms with Crippen LogP contribution in [0.3, 0.4) is 0 Å². The molecular weight excluding hydrogens is 534 g/mol. The number of halogens is 4. The Morgan fingerprint density at radius 2 is 2.03 bits per heavy atom. The maximum atomic E-state index is 14.6. The minimum Gasteiger partial charge on any atom is -0.495 e. The van der Waals surface area contributed by atoms with E-state index in [0.29, 0.717) is 41.2 Å².